The van der Waals surface area contributed by atoms with E-state index in [-0.39, 0.29) is 6.09 Å². The number of hydrogen-bond acceptors (Lipinski definition) is 2. The van der Waals surface area contributed by atoms with Crippen LogP contribution in [0.4, 0.5) is 4.79 Å². The molecule has 0 atom stereocenters. The summed E-state index contributed by atoms with van der Waals surface area (Å²) in [6.45, 7) is 4.16. The molecule has 0 aromatic heterocycles. The standard InChI is InChI=1S/C10H13NO2/c1-3-5-6-8-7-13-10(12)11-9(8)4-2/h3-6H,7H2,1-2H3,(H,11,12)/b5-3-,8-6-,9-4+. The van der Waals surface area contributed by atoms with Gasteiger partial charge in [0, 0.05) is 11.3 Å². The first kappa shape index (κ1) is 9.58. The summed E-state index contributed by atoms with van der Waals surface area (Å²) in [6.07, 6.45) is 7.24. The zero-order valence-electron chi connectivity index (χ0n) is 7.83. The second-order valence-electron chi connectivity index (χ2n) is 2.62. The molecule has 0 bridgehead atoms. The zero-order valence-corrected chi connectivity index (χ0v) is 7.83. The number of cyclic esters (lactones) is 1. The van der Waals surface area contributed by atoms with Crippen LogP contribution >= 0.6 is 0 Å². The van der Waals surface area contributed by atoms with Crippen LogP contribution in [-0.2, 0) is 4.74 Å². The fraction of sp³-hybridized carbons (Fsp3) is 0.300. The smallest absolute Gasteiger partial charge is 0.411 e. The molecule has 70 valence electrons. The van der Waals surface area contributed by atoms with E-state index in [1.807, 2.05) is 38.2 Å². The van der Waals surface area contributed by atoms with Gasteiger partial charge in [0.15, 0.2) is 0 Å². The van der Waals surface area contributed by atoms with Crippen molar-refractivity contribution in [3.8, 4) is 0 Å². The molecule has 1 aliphatic rings. The third kappa shape index (κ3) is 2.47. The summed E-state index contributed by atoms with van der Waals surface area (Å²) in [7, 11) is 0. The molecule has 1 saturated heterocycles. The van der Waals surface area contributed by atoms with Gasteiger partial charge in [-0.05, 0) is 13.8 Å². The van der Waals surface area contributed by atoms with Crippen LogP contribution in [0.2, 0.25) is 0 Å². The molecule has 0 unspecified atom stereocenters. The Hall–Kier alpha value is -1.51. The number of ether oxygens (including phenoxy) is 1. The molecule has 3 heteroatoms. The van der Waals surface area contributed by atoms with Crippen molar-refractivity contribution >= 4 is 6.09 Å². The normalized spacial score (nSPS) is 23.7. The fourth-order valence-electron chi connectivity index (χ4n) is 1.06. The predicted octanol–water partition coefficient (Wildman–Crippen LogP) is 2.13. The molecule has 0 saturated carbocycles. The molecule has 1 heterocycles. The van der Waals surface area contributed by atoms with E-state index >= 15 is 0 Å². The Kier molecular flexibility index (Phi) is 3.31. The van der Waals surface area contributed by atoms with Crippen molar-refractivity contribution in [3.63, 3.8) is 0 Å². The highest BCUT2D eigenvalue weighted by Gasteiger charge is 2.16. The summed E-state index contributed by atoms with van der Waals surface area (Å²) in [5, 5.41) is 2.62. The monoisotopic (exact) mass is 179 g/mol. The lowest BCUT2D eigenvalue weighted by Gasteiger charge is -2.18. The van der Waals surface area contributed by atoms with Crippen molar-refractivity contribution in [2.75, 3.05) is 6.61 Å². The number of rotatable bonds is 1. The third-order valence-corrected chi connectivity index (χ3v) is 1.72. The molecular weight excluding hydrogens is 166 g/mol. The number of allylic oxidation sites excluding steroid dienone is 4. The van der Waals surface area contributed by atoms with E-state index in [1.54, 1.807) is 0 Å². The maximum Gasteiger partial charge on any atom is 0.411 e. The minimum Gasteiger partial charge on any atom is -0.444 e. The van der Waals surface area contributed by atoms with E-state index < -0.39 is 0 Å². The Balaban J connectivity index is 2.80. The van der Waals surface area contributed by atoms with E-state index in [4.69, 9.17) is 4.74 Å². The summed E-state index contributed by atoms with van der Waals surface area (Å²) < 4.78 is 4.83. The van der Waals surface area contributed by atoms with Gasteiger partial charge in [0.1, 0.15) is 6.61 Å². The van der Waals surface area contributed by atoms with Crippen molar-refractivity contribution in [2.45, 2.75) is 13.8 Å². The number of amides is 1. The van der Waals surface area contributed by atoms with Crippen molar-refractivity contribution in [2.24, 2.45) is 0 Å². The molecule has 3 nitrogen and oxygen atoms in total. The minimum atomic E-state index is -0.384. The second-order valence-corrected chi connectivity index (χ2v) is 2.62. The van der Waals surface area contributed by atoms with E-state index in [2.05, 4.69) is 5.32 Å². The summed E-state index contributed by atoms with van der Waals surface area (Å²) in [5.74, 6) is 0. The first-order valence-corrected chi connectivity index (χ1v) is 4.20. The van der Waals surface area contributed by atoms with Crippen molar-refractivity contribution in [1.82, 2.24) is 5.32 Å². The van der Waals surface area contributed by atoms with Crippen LogP contribution in [0.25, 0.3) is 0 Å². The SMILES string of the molecule is C\C=C/C=C1/COC(=O)N/C1=C/C. The Morgan fingerprint density at radius 1 is 1.46 bits per heavy atom. The minimum absolute atomic E-state index is 0.343. The largest absolute Gasteiger partial charge is 0.444 e. The quantitative estimate of drug-likeness (QED) is 0.669. The fourth-order valence-corrected chi connectivity index (χ4v) is 1.06. The lowest BCUT2D eigenvalue weighted by Crippen LogP contribution is -2.31. The van der Waals surface area contributed by atoms with Crippen LogP contribution in [0.1, 0.15) is 13.8 Å². The molecule has 1 fully saturated rings. The highest BCUT2D eigenvalue weighted by molar-refractivity contribution is 5.73. The first-order valence-electron chi connectivity index (χ1n) is 4.20. The summed E-state index contributed by atoms with van der Waals surface area (Å²) in [4.78, 5) is 10.8. The molecule has 0 aromatic rings. The van der Waals surface area contributed by atoms with Gasteiger partial charge in [0.25, 0.3) is 0 Å². The van der Waals surface area contributed by atoms with Crippen LogP contribution in [0.3, 0.4) is 0 Å². The molecule has 0 aromatic carbocycles. The number of carbonyl (C=O) groups excluding carboxylic acids is 1. The second kappa shape index (κ2) is 4.50. The maximum absolute atomic E-state index is 10.8. The molecular formula is C10H13NO2. The number of carbonyl (C=O) groups is 1. The molecule has 13 heavy (non-hydrogen) atoms. The van der Waals surface area contributed by atoms with Crippen LogP contribution < -0.4 is 5.32 Å². The topological polar surface area (TPSA) is 38.3 Å². The number of nitrogens with one attached hydrogen (secondary N) is 1. The van der Waals surface area contributed by atoms with E-state index in [9.17, 15) is 4.79 Å². The van der Waals surface area contributed by atoms with Crippen LogP contribution in [0.5, 0.6) is 0 Å². The number of alkyl carbamates (subject to hydrolysis) is 1. The molecule has 0 spiro atoms. The van der Waals surface area contributed by atoms with E-state index in [0.29, 0.717) is 6.61 Å². The van der Waals surface area contributed by atoms with Crippen LogP contribution in [0, 0.1) is 0 Å². The van der Waals surface area contributed by atoms with Crippen molar-refractivity contribution in [3.05, 3.63) is 35.6 Å². The van der Waals surface area contributed by atoms with Gasteiger partial charge in [-0.2, -0.15) is 0 Å². The molecule has 1 aliphatic heterocycles. The zero-order chi connectivity index (χ0) is 9.68. The van der Waals surface area contributed by atoms with Gasteiger partial charge in [-0.25, -0.2) is 4.79 Å². The Labute approximate surface area is 77.8 Å². The summed E-state index contributed by atoms with van der Waals surface area (Å²) in [6, 6.07) is 0. The van der Waals surface area contributed by atoms with Crippen molar-refractivity contribution in [1.29, 1.82) is 0 Å². The highest BCUT2D eigenvalue weighted by Crippen LogP contribution is 2.12. The van der Waals surface area contributed by atoms with Gasteiger partial charge in [0.2, 0.25) is 0 Å². The summed E-state index contributed by atoms with van der Waals surface area (Å²) in [5.41, 5.74) is 1.81. The van der Waals surface area contributed by atoms with E-state index in [1.165, 1.54) is 0 Å². The van der Waals surface area contributed by atoms with Gasteiger partial charge in [0.05, 0.1) is 0 Å². The van der Waals surface area contributed by atoms with Gasteiger partial charge < -0.3 is 4.74 Å². The lowest BCUT2D eigenvalue weighted by atomic mass is 10.1. The van der Waals surface area contributed by atoms with Crippen LogP contribution in [0.15, 0.2) is 35.6 Å². The van der Waals surface area contributed by atoms with E-state index in [0.717, 1.165) is 11.3 Å². The van der Waals surface area contributed by atoms with Crippen molar-refractivity contribution < 1.29 is 9.53 Å². The third-order valence-electron chi connectivity index (χ3n) is 1.72. The number of hydrogen-bond donors (Lipinski definition) is 1. The highest BCUT2D eigenvalue weighted by atomic mass is 16.5. The van der Waals surface area contributed by atoms with Gasteiger partial charge in [-0.3, -0.25) is 5.32 Å². The molecule has 1 amide bonds. The van der Waals surface area contributed by atoms with Gasteiger partial charge in [-0.15, -0.1) is 0 Å². The maximum atomic E-state index is 10.8. The average Bonchev–Trinajstić information content (AvgIpc) is 2.16. The summed E-state index contributed by atoms with van der Waals surface area (Å²) >= 11 is 0. The van der Waals surface area contributed by atoms with Gasteiger partial charge >= 0.3 is 6.09 Å². The Morgan fingerprint density at radius 3 is 2.85 bits per heavy atom. The molecule has 0 aliphatic carbocycles. The Morgan fingerprint density at radius 2 is 2.23 bits per heavy atom. The Bertz CT molecular complexity index is 287. The first-order chi connectivity index (χ1) is 6.27. The average molecular weight is 179 g/mol. The molecule has 1 N–H and O–H groups in total. The lowest BCUT2D eigenvalue weighted by molar-refractivity contribution is 0.152. The molecule has 0 radical (unpaired) electrons. The molecule has 1 rings (SSSR count). The predicted molar refractivity (Wildman–Crippen MR) is 51.1 cm³/mol. The van der Waals surface area contributed by atoms with Gasteiger partial charge in [-0.1, -0.05) is 24.3 Å². The van der Waals surface area contributed by atoms with Crippen LogP contribution in [-0.4, -0.2) is 12.7 Å².